The highest BCUT2D eigenvalue weighted by Crippen LogP contribution is 2.20. The molecular weight excluding hydrogens is 320 g/mol. The molecule has 0 saturated heterocycles. The Balaban J connectivity index is 2.06. The van der Waals surface area contributed by atoms with Crippen LogP contribution in [-0.4, -0.2) is 4.57 Å². The maximum absolute atomic E-state index is 12.4. The van der Waals surface area contributed by atoms with Crippen LogP contribution in [0.2, 0.25) is 5.02 Å². The van der Waals surface area contributed by atoms with Crippen LogP contribution in [0, 0.1) is 18.3 Å². The molecule has 1 heterocycles. The van der Waals surface area contributed by atoms with Crippen molar-refractivity contribution in [3.63, 3.8) is 0 Å². The molecule has 4 heteroatoms. The monoisotopic (exact) mass is 334 g/mol. The van der Waals surface area contributed by atoms with Crippen molar-refractivity contribution in [2.45, 2.75) is 13.5 Å². The highest BCUT2D eigenvalue weighted by atomic mass is 35.5. The van der Waals surface area contributed by atoms with Gasteiger partial charge in [-0.05, 0) is 41.8 Å². The van der Waals surface area contributed by atoms with Gasteiger partial charge in [0.1, 0.15) is 11.6 Å². The molecule has 118 valence electrons. The van der Waals surface area contributed by atoms with Gasteiger partial charge in [0.25, 0.3) is 5.56 Å². The SMILES string of the molecule is Cc1ccc(-c2cc(C#N)c(=O)n(Cc3ccc(Cl)cc3)c2)cc1. The molecule has 0 aliphatic rings. The lowest BCUT2D eigenvalue weighted by Gasteiger charge is -2.10. The number of aromatic nitrogens is 1. The van der Waals surface area contributed by atoms with Gasteiger partial charge in [-0.3, -0.25) is 4.79 Å². The molecule has 0 radical (unpaired) electrons. The number of pyridine rings is 1. The second kappa shape index (κ2) is 6.74. The molecule has 0 bridgehead atoms. The van der Waals surface area contributed by atoms with E-state index in [1.807, 2.05) is 49.4 Å². The van der Waals surface area contributed by atoms with E-state index in [9.17, 15) is 10.1 Å². The van der Waals surface area contributed by atoms with Crippen molar-refractivity contribution in [2.24, 2.45) is 0 Å². The Labute approximate surface area is 145 Å². The summed E-state index contributed by atoms with van der Waals surface area (Å²) in [4.78, 5) is 12.4. The quantitative estimate of drug-likeness (QED) is 0.712. The van der Waals surface area contributed by atoms with E-state index < -0.39 is 0 Å². The molecule has 0 fully saturated rings. The molecule has 24 heavy (non-hydrogen) atoms. The summed E-state index contributed by atoms with van der Waals surface area (Å²) in [6, 6.07) is 19.0. The van der Waals surface area contributed by atoms with Gasteiger partial charge in [-0.25, -0.2) is 0 Å². The van der Waals surface area contributed by atoms with Crippen LogP contribution in [0.15, 0.2) is 65.6 Å². The highest BCUT2D eigenvalue weighted by Gasteiger charge is 2.09. The van der Waals surface area contributed by atoms with Crippen LogP contribution >= 0.6 is 11.6 Å². The molecule has 3 rings (SSSR count). The molecule has 3 aromatic rings. The smallest absolute Gasteiger partial charge is 0.268 e. The van der Waals surface area contributed by atoms with E-state index in [0.29, 0.717) is 11.6 Å². The lowest BCUT2D eigenvalue weighted by Crippen LogP contribution is -2.22. The summed E-state index contributed by atoms with van der Waals surface area (Å²) in [5.74, 6) is 0. The first-order chi connectivity index (χ1) is 11.6. The Morgan fingerprint density at radius 2 is 1.71 bits per heavy atom. The third-order valence-electron chi connectivity index (χ3n) is 3.86. The molecule has 0 N–H and O–H groups in total. The fourth-order valence-corrected chi connectivity index (χ4v) is 2.65. The molecule has 0 aliphatic heterocycles. The lowest BCUT2D eigenvalue weighted by atomic mass is 10.0. The fraction of sp³-hybridized carbons (Fsp3) is 0.100. The third kappa shape index (κ3) is 3.40. The first kappa shape index (κ1) is 16.0. The Kier molecular flexibility index (Phi) is 4.50. The summed E-state index contributed by atoms with van der Waals surface area (Å²) in [6.07, 6.45) is 1.79. The van der Waals surface area contributed by atoms with Gasteiger partial charge in [0.2, 0.25) is 0 Å². The van der Waals surface area contributed by atoms with Gasteiger partial charge in [0, 0.05) is 11.2 Å². The van der Waals surface area contributed by atoms with Crippen molar-refractivity contribution in [1.82, 2.24) is 4.57 Å². The Bertz CT molecular complexity index is 965. The number of nitriles is 1. The lowest BCUT2D eigenvalue weighted by molar-refractivity contribution is 0.758. The molecule has 1 aromatic heterocycles. The van der Waals surface area contributed by atoms with Crippen LogP contribution in [0.3, 0.4) is 0 Å². The summed E-state index contributed by atoms with van der Waals surface area (Å²) in [5.41, 5.74) is 3.78. The van der Waals surface area contributed by atoms with Gasteiger partial charge in [-0.2, -0.15) is 5.26 Å². The van der Waals surface area contributed by atoms with E-state index in [2.05, 4.69) is 0 Å². The van der Waals surface area contributed by atoms with Gasteiger partial charge < -0.3 is 4.57 Å². The molecule has 0 spiro atoms. The Morgan fingerprint density at radius 3 is 2.33 bits per heavy atom. The van der Waals surface area contributed by atoms with Crippen molar-refractivity contribution in [3.05, 3.63) is 92.9 Å². The minimum atomic E-state index is -0.289. The molecule has 2 aromatic carbocycles. The molecule has 0 aliphatic carbocycles. The zero-order chi connectivity index (χ0) is 17.1. The first-order valence-electron chi connectivity index (χ1n) is 7.53. The average Bonchev–Trinajstić information content (AvgIpc) is 2.59. The minimum absolute atomic E-state index is 0.141. The van der Waals surface area contributed by atoms with E-state index in [0.717, 1.165) is 22.3 Å². The second-order valence-electron chi connectivity index (χ2n) is 5.68. The van der Waals surface area contributed by atoms with E-state index in [4.69, 9.17) is 11.6 Å². The number of hydrogen-bond acceptors (Lipinski definition) is 2. The zero-order valence-corrected chi connectivity index (χ0v) is 13.9. The van der Waals surface area contributed by atoms with Crippen LogP contribution < -0.4 is 5.56 Å². The van der Waals surface area contributed by atoms with Crippen molar-refractivity contribution in [3.8, 4) is 17.2 Å². The topological polar surface area (TPSA) is 45.8 Å². The summed E-state index contributed by atoms with van der Waals surface area (Å²) in [7, 11) is 0. The van der Waals surface area contributed by atoms with Crippen LogP contribution in [0.25, 0.3) is 11.1 Å². The maximum Gasteiger partial charge on any atom is 0.268 e. The predicted octanol–water partition coefficient (Wildman–Crippen LogP) is 4.40. The molecular formula is C20H15ClN2O. The van der Waals surface area contributed by atoms with Gasteiger partial charge in [-0.15, -0.1) is 0 Å². The Hall–Kier alpha value is -2.83. The number of aryl methyl sites for hydroxylation is 1. The highest BCUT2D eigenvalue weighted by molar-refractivity contribution is 6.30. The summed E-state index contributed by atoms with van der Waals surface area (Å²) >= 11 is 5.90. The number of benzene rings is 2. The van der Waals surface area contributed by atoms with Crippen LogP contribution in [0.1, 0.15) is 16.7 Å². The van der Waals surface area contributed by atoms with Crippen molar-refractivity contribution >= 4 is 11.6 Å². The summed E-state index contributed by atoms with van der Waals surface area (Å²) in [6.45, 7) is 2.41. The standard InChI is InChI=1S/C20H15ClN2O/c1-14-2-6-16(7-3-14)18-10-17(11-22)20(24)23(13-18)12-15-4-8-19(21)9-5-15/h2-10,13H,12H2,1H3. The number of rotatable bonds is 3. The van der Waals surface area contributed by atoms with E-state index in [1.165, 1.54) is 0 Å². The maximum atomic E-state index is 12.4. The van der Waals surface area contributed by atoms with Crippen molar-refractivity contribution in [1.29, 1.82) is 5.26 Å². The molecule has 0 saturated carbocycles. The van der Waals surface area contributed by atoms with Gasteiger partial charge >= 0.3 is 0 Å². The molecule has 0 amide bonds. The Morgan fingerprint density at radius 1 is 1.04 bits per heavy atom. The van der Waals surface area contributed by atoms with Gasteiger partial charge in [0.15, 0.2) is 0 Å². The number of hydrogen-bond donors (Lipinski definition) is 0. The van der Waals surface area contributed by atoms with Gasteiger partial charge in [-0.1, -0.05) is 53.6 Å². The largest absolute Gasteiger partial charge is 0.309 e. The average molecular weight is 335 g/mol. The summed E-state index contributed by atoms with van der Waals surface area (Å²) < 4.78 is 1.57. The number of nitrogens with zero attached hydrogens (tertiary/aromatic N) is 2. The predicted molar refractivity (Wildman–Crippen MR) is 96.1 cm³/mol. The normalized spacial score (nSPS) is 10.4. The molecule has 0 atom stereocenters. The molecule has 0 unspecified atom stereocenters. The van der Waals surface area contributed by atoms with Crippen molar-refractivity contribution in [2.75, 3.05) is 0 Å². The van der Waals surface area contributed by atoms with Crippen LogP contribution in [-0.2, 0) is 6.54 Å². The van der Waals surface area contributed by atoms with E-state index in [-0.39, 0.29) is 11.1 Å². The number of halogens is 1. The summed E-state index contributed by atoms with van der Waals surface area (Å²) in [5, 5.41) is 9.93. The zero-order valence-electron chi connectivity index (χ0n) is 13.2. The minimum Gasteiger partial charge on any atom is -0.309 e. The molecule has 3 nitrogen and oxygen atoms in total. The van der Waals surface area contributed by atoms with Crippen molar-refractivity contribution < 1.29 is 0 Å². The first-order valence-corrected chi connectivity index (χ1v) is 7.91. The second-order valence-corrected chi connectivity index (χ2v) is 6.12. The van der Waals surface area contributed by atoms with E-state index in [1.54, 1.807) is 29.0 Å². The van der Waals surface area contributed by atoms with E-state index >= 15 is 0 Å². The third-order valence-corrected chi connectivity index (χ3v) is 4.11. The fourth-order valence-electron chi connectivity index (χ4n) is 2.52. The van der Waals surface area contributed by atoms with Crippen LogP contribution in [0.4, 0.5) is 0 Å². The van der Waals surface area contributed by atoms with Crippen LogP contribution in [0.5, 0.6) is 0 Å². The van der Waals surface area contributed by atoms with Gasteiger partial charge in [0.05, 0.1) is 6.54 Å².